The molecule has 0 bridgehead atoms. The molecule has 2 aliphatic heterocycles. The summed E-state index contributed by atoms with van der Waals surface area (Å²) in [5.74, 6) is 1.82. The number of nitrogens with zero attached hydrogens (tertiary/aromatic N) is 5. The van der Waals surface area contributed by atoms with E-state index in [0.29, 0.717) is 0 Å². The van der Waals surface area contributed by atoms with Crippen LogP contribution in [0.15, 0.2) is 181 Å². The van der Waals surface area contributed by atoms with Crippen molar-refractivity contribution in [1.29, 1.82) is 0 Å². The van der Waals surface area contributed by atoms with Crippen LogP contribution in [0.25, 0.3) is 77.3 Å². The number of allylic oxidation sites excluding steroid dienone is 1. The highest BCUT2D eigenvalue weighted by Crippen LogP contribution is 2.45. The van der Waals surface area contributed by atoms with Gasteiger partial charge in [-0.25, -0.2) is 15.0 Å². The van der Waals surface area contributed by atoms with E-state index < -0.39 is 0 Å². The Morgan fingerprint density at radius 2 is 1.16 bits per heavy atom. The van der Waals surface area contributed by atoms with E-state index >= 15 is 0 Å². The van der Waals surface area contributed by atoms with Gasteiger partial charge in [-0.05, 0) is 99.3 Å². The smallest absolute Gasteiger partial charge is 0.149 e. The van der Waals surface area contributed by atoms with Crippen LogP contribution in [0.5, 0.6) is 0 Å². The van der Waals surface area contributed by atoms with E-state index in [1.807, 2.05) is 6.07 Å². The molecule has 0 saturated carbocycles. The maximum absolute atomic E-state index is 5.39. The van der Waals surface area contributed by atoms with Gasteiger partial charge >= 0.3 is 0 Å². The number of imidazole rings is 1. The van der Waals surface area contributed by atoms with Gasteiger partial charge in [-0.15, -0.1) is 0 Å². The van der Waals surface area contributed by atoms with Crippen molar-refractivity contribution in [2.24, 2.45) is 4.99 Å². The molecular formula is C50H31N5. The number of fused-ring (bicyclic) bond motifs is 12. The molecule has 8 aromatic carbocycles. The molecule has 0 fully saturated rings. The molecule has 0 atom stereocenters. The first-order valence-electron chi connectivity index (χ1n) is 18.7. The second kappa shape index (κ2) is 11.6. The first-order valence-corrected chi connectivity index (χ1v) is 18.7. The lowest BCUT2D eigenvalue weighted by atomic mass is 9.92. The van der Waals surface area contributed by atoms with Crippen molar-refractivity contribution in [1.82, 2.24) is 14.4 Å². The third-order valence-corrected chi connectivity index (χ3v) is 11.3. The Hall–Kier alpha value is -7.37. The molecule has 5 nitrogen and oxygen atoms in total. The quantitative estimate of drug-likeness (QED) is 0.184. The summed E-state index contributed by atoms with van der Waals surface area (Å²) in [5.41, 5.74) is 13.9. The van der Waals surface area contributed by atoms with E-state index in [0.717, 1.165) is 84.9 Å². The molecule has 0 amide bonds. The molecule has 2 aliphatic rings. The molecule has 5 heteroatoms. The van der Waals surface area contributed by atoms with Crippen LogP contribution in [0.1, 0.15) is 16.7 Å². The molecule has 0 radical (unpaired) electrons. The fourth-order valence-electron chi connectivity index (χ4n) is 8.59. The second-order valence-electron chi connectivity index (χ2n) is 14.5. The second-order valence-corrected chi connectivity index (χ2v) is 14.5. The minimum Gasteiger partial charge on any atom is -0.294 e. The Bertz CT molecular complexity index is 3310. The molecule has 256 valence electrons. The standard InChI is InChI=1S/C50H31N5/c1-3-12-34-27-38(19-17-31(34)9-1)48-51-42-24-21-36(29-40(42)46-26-23-33-11-5-7-15-45(33)54(46)48)37-22-25-43-41(30-37)50-53-44-14-6-8-16-47(44)55(50)49(52-43)39-20-18-32-10-2-4-13-35(32)28-39/h1-22,24-30H,23H2. The Labute approximate surface area is 316 Å². The van der Waals surface area contributed by atoms with Gasteiger partial charge in [-0.3, -0.25) is 9.30 Å². The molecule has 0 saturated heterocycles. The van der Waals surface area contributed by atoms with Gasteiger partial charge in [0.05, 0.1) is 33.6 Å². The van der Waals surface area contributed by atoms with Gasteiger partial charge in [-0.2, -0.15) is 0 Å². The van der Waals surface area contributed by atoms with Crippen LogP contribution >= 0.6 is 0 Å². The van der Waals surface area contributed by atoms with Crippen molar-refractivity contribution >= 4 is 72.0 Å². The van der Waals surface area contributed by atoms with E-state index in [1.165, 1.54) is 32.8 Å². The zero-order chi connectivity index (χ0) is 36.0. The molecule has 0 N–H and O–H groups in total. The van der Waals surface area contributed by atoms with Crippen molar-refractivity contribution < 1.29 is 0 Å². The maximum atomic E-state index is 5.39. The first-order chi connectivity index (χ1) is 27.2. The predicted octanol–water partition coefficient (Wildman–Crippen LogP) is 12.2. The van der Waals surface area contributed by atoms with Crippen LogP contribution in [0.4, 0.5) is 11.4 Å². The minimum absolute atomic E-state index is 0.864. The molecule has 0 spiro atoms. The molecule has 12 rings (SSSR count). The molecule has 10 aromatic rings. The van der Waals surface area contributed by atoms with Crippen molar-refractivity contribution in [2.45, 2.75) is 6.42 Å². The average Bonchev–Trinajstić information content (AvgIpc) is 3.65. The average molecular weight is 702 g/mol. The van der Waals surface area contributed by atoms with Crippen LogP contribution < -0.4 is 4.90 Å². The summed E-state index contributed by atoms with van der Waals surface area (Å²) < 4.78 is 2.23. The van der Waals surface area contributed by atoms with E-state index in [9.17, 15) is 0 Å². The van der Waals surface area contributed by atoms with E-state index in [1.54, 1.807) is 0 Å². The van der Waals surface area contributed by atoms with E-state index in [-0.39, 0.29) is 0 Å². The Morgan fingerprint density at radius 1 is 0.491 bits per heavy atom. The van der Waals surface area contributed by atoms with Crippen LogP contribution in [0, 0.1) is 0 Å². The van der Waals surface area contributed by atoms with Gasteiger partial charge in [0.25, 0.3) is 0 Å². The van der Waals surface area contributed by atoms with Crippen LogP contribution in [0.3, 0.4) is 0 Å². The highest BCUT2D eigenvalue weighted by Gasteiger charge is 2.31. The highest BCUT2D eigenvalue weighted by molar-refractivity contribution is 6.22. The summed E-state index contributed by atoms with van der Waals surface area (Å²) in [6.07, 6.45) is 3.22. The summed E-state index contributed by atoms with van der Waals surface area (Å²) in [4.78, 5) is 18.3. The van der Waals surface area contributed by atoms with Crippen LogP contribution in [-0.4, -0.2) is 20.2 Å². The van der Waals surface area contributed by atoms with Gasteiger partial charge in [-0.1, -0.05) is 121 Å². The van der Waals surface area contributed by atoms with E-state index in [4.69, 9.17) is 15.0 Å². The van der Waals surface area contributed by atoms with Crippen molar-refractivity contribution in [2.75, 3.05) is 4.90 Å². The summed E-state index contributed by atoms with van der Waals surface area (Å²) in [6, 6.07) is 60.5. The topological polar surface area (TPSA) is 45.8 Å². The largest absolute Gasteiger partial charge is 0.294 e. The Balaban J connectivity index is 1.03. The zero-order valence-electron chi connectivity index (χ0n) is 29.7. The van der Waals surface area contributed by atoms with Crippen molar-refractivity contribution in [3.63, 3.8) is 0 Å². The number of rotatable bonds is 3. The maximum Gasteiger partial charge on any atom is 0.149 e. The number of hydrogen-bond acceptors (Lipinski definition) is 4. The Morgan fingerprint density at radius 3 is 2.02 bits per heavy atom. The summed E-state index contributed by atoms with van der Waals surface area (Å²) in [6.45, 7) is 0. The number of benzene rings is 8. The molecule has 0 aliphatic carbocycles. The fraction of sp³-hybridized carbons (Fsp3) is 0.0200. The van der Waals surface area contributed by atoms with Gasteiger partial charge in [0, 0.05) is 22.1 Å². The van der Waals surface area contributed by atoms with Crippen molar-refractivity contribution in [3.05, 3.63) is 193 Å². The fourth-order valence-corrected chi connectivity index (χ4v) is 8.59. The first kappa shape index (κ1) is 30.1. The predicted molar refractivity (Wildman–Crippen MR) is 227 cm³/mol. The summed E-state index contributed by atoms with van der Waals surface area (Å²) >= 11 is 0. The molecule has 55 heavy (non-hydrogen) atoms. The number of anilines is 1. The van der Waals surface area contributed by atoms with Gasteiger partial charge in [0.15, 0.2) is 0 Å². The van der Waals surface area contributed by atoms with Gasteiger partial charge in [0.2, 0.25) is 0 Å². The van der Waals surface area contributed by atoms with Gasteiger partial charge in [0.1, 0.15) is 17.3 Å². The lowest BCUT2D eigenvalue weighted by Gasteiger charge is -2.37. The minimum atomic E-state index is 0.864. The third kappa shape index (κ3) is 4.63. The zero-order valence-corrected chi connectivity index (χ0v) is 29.7. The van der Waals surface area contributed by atoms with Crippen molar-refractivity contribution in [3.8, 4) is 22.5 Å². The number of aromatic nitrogens is 3. The van der Waals surface area contributed by atoms with Crippen LogP contribution in [0.2, 0.25) is 0 Å². The summed E-state index contributed by atoms with van der Waals surface area (Å²) in [5, 5.41) is 5.83. The monoisotopic (exact) mass is 701 g/mol. The number of amidine groups is 1. The normalized spacial score (nSPS) is 13.6. The molecular weight excluding hydrogens is 671 g/mol. The highest BCUT2D eigenvalue weighted by atomic mass is 15.2. The third-order valence-electron chi connectivity index (χ3n) is 11.3. The number of hydrogen-bond donors (Lipinski definition) is 0. The van der Waals surface area contributed by atoms with E-state index in [2.05, 4.69) is 179 Å². The molecule has 4 heterocycles. The summed E-state index contributed by atoms with van der Waals surface area (Å²) in [7, 11) is 0. The molecule has 2 aromatic heterocycles. The number of aliphatic imine (C=N–C) groups is 1. The Kier molecular flexibility index (Phi) is 6.33. The van der Waals surface area contributed by atoms with Gasteiger partial charge < -0.3 is 0 Å². The van der Waals surface area contributed by atoms with Crippen LogP contribution in [-0.2, 0) is 6.42 Å². The lowest BCUT2D eigenvalue weighted by Crippen LogP contribution is -2.35. The number of para-hydroxylation sites is 3. The SMILES string of the molecule is C1=C2c3cc(-c4ccc5nc(-c6ccc7ccccc7c6)n6c7ccccc7nc6c5c4)ccc3N=C(c3ccc4ccccc4c3)N2c2ccccc2C1. The molecule has 0 unspecified atom stereocenters. The lowest BCUT2D eigenvalue weighted by molar-refractivity contribution is 1.15.